The highest BCUT2D eigenvalue weighted by atomic mass is 16.5. The molecule has 21 heavy (non-hydrogen) atoms. The van der Waals surface area contributed by atoms with Crippen molar-refractivity contribution in [3.05, 3.63) is 41.6 Å². The molecule has 0 saturated heterocycles. The van der Waals surface area contributed by atoms with E-state index >= 15 is 0 Å². The number of anilines is 1. The van der Waals surface area contributed by atoms with E-state index in [0.29, 0.717) is 18.2 Å². The molecule has 0 saturated carbocycles. The molecule has 0 fully saturated rings. The molecule has 3 rings (SSSR count). The second-order valence-electron chi connectivity index (χ2n) is 5.48. The normalized spacial score (nSPS) is 17.0. The summed E-state index contributed by atoms with van der Waals surface area (Å²) in [4.78, 5) is 12.3. The number of nitrogens with two attached hydrogens (primary N) is 1. The van der Waals surface area contributed by atoms with Crippen LogP contribution in [0.3, 0.4) is 0 Å². The first-order valence-electron chi connectivity index (χ1n) is 7.31. The van der Waals surface area contributed by atoms with Crippen LogP contribution in [0.25, 0.3) is 10.9 Å². The van der Waals surface area contributed by atoms with Crippen molar-refractivity contribution in [3.8, 4) is 0 Å². The fourth-order valence-electron chi connectivity index (χ4n) is 3.39. The summed E-state index contributed by atoms with van der Waals surface area (Å²) in [6, 6.07) is 3.87. The average molecular weight is 284 g/mol. The summed E-state index contributed by atoms with van der Waals surface area (Å²) in [6.45, 7) is 8.07. The van der Waals surface area contributed by atoms with Gasteiger partial charge < -0.3 is 10.5 Å². The lowest BCUT2D eigenvalue weighted by Crippen LogP contribution is -2.15. The van der Waals surface area contributed by atoms with Gasteiger partial charge in [0.1, 0.15) is 0 Å². The summed E-state index contributed by atoms with van der Waals surface area (Å²) in [6.07, 6.45) is 3.58. The van der Waals surface area contributed by atoms with Crippen LogP contribution >= 0.6 is 0 Å². The highest BCUT2D eigenvalue weighted by molar-refractivity contribution is 5.98. The van der Waals surface area contributed by atoms with Gasteiger partial charge in [0.25, 0.3) is 0 Å². The van der Waals surface area contributed by atoms with Crippen LogP contribution in [-0.2, 0) is 11.2 Å². The summed E-state index contributed by atoms with van der Waals surface area (Å²) in [7, 11) is 0. The number of benzene rings is 1. The minimum atomic E-state index is -0.333. The summed E-state index contributed by atoms with van der Waals surface area (Å²) >= 11 is 0. The first-order valence-corrected chi connectivity index (χ1v) is 7.31. The van der Waals surface area contributed by atoms with Crippen LogP contribution in [0.15, 0.2) is 24.8 Å². The van der Waals surface area contributed by atoms with E-state index in [4.69, 9.17) is 10.5 Å². The van der Waals surface area contributed by atoms with E-state index < -0.39 is 0 Å². The second-order valence-corrected chi connectivity index (χ2v) is 5.48. The van der Waals surface area contributed by atoms with Crippen LogP contribution in [0.5, 0.6) is 0 Å². The SMILES string of the molecule is C=CC1CCc2c(C)n(C(=O)OCC)c3cc(N)cc1c23. The lowest BCUT2D eigenvalue weighted by molar-refractivity contribution is 0.154. The standard InChI is InChI=1S/C17H20N2O2/c1-4-11-6-7-13-10(3)19(17(20)21-5-2)15-9-12(18)8-14(11)16(13)15/h4,8-9,11H,1,5-7,18H2,2-3H3. The number of aromatic nitrogens is 1. The fourth-order valence-corrected chi connectivity index (χ4v) is 3.39. The molecule has 2 aromatic rings. The van der Waals surface area contributed by atoms with Gasteiger partial charge in [0, 0.05) is 22.7 Å². The zero-order valence-corrected chi connectivity index (χ0v) is 12.5. The fraction of sp³-hybridized carbons (Fsp3) is 0.353. The third-order valence-electron chi connectivity index (χ3n) is 4.32. The molecule has 1 unspecified atom stereocenters. The van der Waals surface area contributed by atoms with Crippen LogP contribution in [0.2, 0.25) is 0 Å². The highest BCUT2D eigenvalue weighted by Gasteiger charge is 2.27. The van der Waals surface area contributed by atoms with Crippen LogP contribution < -0.4 is 5.73 Å². The number of carbonyl (C=O) groups is 1. The summed E-state index contributed by atoms with van der Waals surface area (Å²) in [5, 5.41) is 1.14. The molecule has 1 heterocycles. The van der Waals surface area contributed by atoms with Gasteiger partial charge >= 0.3 is 6.09 Å². The smallest absolute Gasteiger partial charge is 0.418 e. The maximum Gasteiger partial charge on any atom is 0.418 e. The molecule has 1 aromatic carbocycles. The van der Waals surface area contributed by atoms with Crippen molar-refractivity contribution < 1.29 is 9.53 Å². The van der Waals surface area contributed by atoms with E-state index in [1.54, 1.807) is 4.57 Å². The Morgan fingerprint density at radius 2 is 2.33 bits per heavy atom. The molecule has 1 aliphatic carbocycles. The average Bonchev–Trinajstić information content (AvgIpc) is 2.73. The summed E-state index contributed by atoms with van der Waals surface area (Å²) < 4.78 is 6.84. The Labute approximate surface area is 124 Å². The lowest BCUT2D eigenvalue weighted by Gasteiger charge is -2.21. The number of nitrogen functional groups attached to an aromatic ring is 1. The molecule has 4 heteroatoms. The second kappa shape index (κ2) is 4.95. The number of hydrogen-bond acceptors (Lipinski definition) is 3. The van der Waals surface area contributed by atoms with Crippen LogP contribution in [-0.4, -0.2) is 17.3 Å². The van der Waals surface area contributed by atoms with Gasteiger partial charge in [-0.25, -0.2) is 9.36 Å². The monoisotopic (exact) mass is 284 g/mol. The van der Waals surface area contributed by atoms with Gasteiger partial charge in [0.2, 0.25) is 0 Å². The minimum Gasteiger partial charge on any atom is -0.449 e. The molecule has 4 nitrogen and oxygen atoms in total. The lowest BCUT2D eigenvalue weighted by atomic mass is 9.83. The molecule has 1 atom stereocenters. The van der Waals surface area contributed by atoms with E-state index in [1.165, 1.54) is 11.1 Å². The topological polar surface area (TPSA) is 57.2 Å². The minimum absolute atomic E-state index is 0.293. The largest absolute Gasteiger partial charge is 0.449 e. The predicted molar refractivity (Wildman–Crippen MR) is 84.8 cm³/mol. The van der Waals surface area contributed by atoms with E-state index in [-0.39, 0.29) is 6.09 Å². The summed E-state index contributed by atoms with van der Waals surface area (Å²) in [5.41, 5.74) is 10.9. The zero-order valence-electron chi connectivity index (χ0n) is 12.5. The third kappa shape index (κ3) is 1.94. The molecule has 0 radical (unpaired) electrons. The number of nitrogens with zero attached hydrogens (tertiary/aromatic N) is 1. The van der Waals surface area contributed by atoms with Crippen LogP contribution in [0.4, 0.5) is 10.5 Å². The Morgan fingerprint density at radius 3 is 3.00 bits per heavy atom. The van der Waals surface area contributed by atoms with Crippen molar-refractivity contribution in [2.24, 2.45) is 0 Å². The number of ether oxygens (including phenoxy) is 1. The van der Waals surface area contributed by atoms with Crippen LogP contribution in [0.1, 0.15) is 36.1 Å². The van der Waals surface area contributed by atoms with Gasteiger partial charge in [-0.2, -0.15) is 0 Å². The van der Waals surface area contributed by atoms with Crippen molar-refractivity contribution in [2.75, 3.05) is 12.3 Å². The van der Waals surface area contributed by atoms with Crippen LogP contribution in [0, 0.1) is 6.92 Å². The molecule has 0 spiro atoms. The summed E-state index contributed by atoms with van der Waals surface area (Å²) in [5.74, 6) is 0.293. The Bertz CT molecular complexity index is 743. The van der Waals surface area contributed by atoms with Gasteiger partial charge in [-0.3, -0.25) is 0 Å². The molecular weight excluding hydrogens is 264 g/mol. The van der Waals surface area contributed by atoms with Gasteiger partial charge in [-0.05, 0) is 49.9 Å². The number of aryl methyl sites for hydroxylation is 1. The number of allylic oxidation sites excluding steroid dienone is 1. The van der Waals surface area contributed by atoms with Crippen molar-refractivity contribution in [1.82, 2.24) is 4.57 Å². The highest BCUT2D eigenvalue weighted by Crippen LogP contribution is 2.41. The number of rotatable bonds is 2. The Morgan fingerprint density at radius 1 is 1.57 bits per heavy atom. The molecule has 1 aromatic heterocycles. The zero-order chi connectivity index (χ0) is 15.1. The Hall–Kier alpha value is -2.23. The van der Waals surface area contributed by atoms with Gasteiger partial charge in [-0.1, -0.05) is 6.08 Å². The van der Waals surface area contributed by atoms with E-state index in [2.05, 4.69) is 6.58 Å². The number of carbonyl (C=O) groups excluding carboxylic acids is 1. The van der Waals surface area contributed by atoms with Crippen molar-refractivity contribution in [3.63, 3.8) is 0 Å². The van der Waals surface area contributed by atoms with Crippen molar-refractivity contribution >= 4 is 22.7 Å². The molecular formula is C17H20N2O2. The molecule has 0 bridgehead atoms. The predicted octanol–water partition coefficient (Wildman–Crippen LogP) is 3.75. The first kappa shape index (κ1) is 13.7. The number of hydrogen-bond donors (Lipinski definition) is 1. The maximum absolute atomic E-state index is 12.3. The molecule has 0 aliphatic heterocycles. The van der Waals surface area contributed by atoms with E-state index in [0.717, 1.165) is 29.4 Å². The van der Waals surface area contributed by atoms with Gasteiger partial charge in [0.05, 0.1) is 12.1 Å². The molecule has 1 aliphatic rings. The van der Waals surface area contributed by atoms with Gasteiger partial charge in [-0.15, -0.1) is 6.58 Å². The Kier molecular flexibility index (Phi) is 3.24. The first-order chi connectivity index (χ1) is 10.1. The molecule has 2 N–H and O–H groups in total. The quantitative estimate of drug-likeness (QED) is 0.675. The third-order valence-corrected chi connectivity index (χ3v) is 4.32. The molecule has 0 amide bonds. The molecule has 110 valence electrons. The van der Waals surface area contributed by atoms with Crippen molar-refractivity contribution in [1.29, 1.82) is 0 Å². The van der Waals surface area contributed by atoms with Crippen molar-refractivity contribution in [2.45, 2.75) is 32.6 Å². The maximum atomic E-state index is 12.3. The van der Waals surface area contributed by atoms with Gasteiger partial charge in [0.15, 0.2) is 0 Å². The van der Waals surface area contributed by atoms with E-state index in [1.807, 2.05) is 32.1 Å². The Balaban J connectivity index is 2.35. The van der Waals surface area contributed by atoms with E-state index in [9.17, 15) is 4.79 Å².